The third kappa shape index (κ3) is 3.20. The Hall–Kier alpha value is -1.09. The quantitative estimate of drug-likeness (QED) is 0.856. The molecule has 2 atom stereocenters. The maximum absolute atomic E-state index is 13.0. The van der Waals surface area contributed by atoms with Gasteiger partial charge in [0.1, 0.15) is 5.76 Å². The first-order valence-electron chi connectivity index (χ1n) is 7.88. The highest BCUT2D eigenvalue weighted by molar-refractivity contribution is 7.88. The largest absolute Gasteiger partial charge is 0.448 e. The molecule has 3 rings (SSSR count). The van der Waals surface area contributed by atoms with Gasteiger partial charge in [0.15, 0.2) is 0 Å². The number of nitrogens with zero attached hydrogens (tertiary/aromatic N) is 2. The molecule has 1 aromatic rings. The second-order valence-electron chi connectivity index (χ2n) is 6.41. The van der Waals surface area contributed by atoms with Crippen LogP contribution in [0.2, 0.25) is 0 Å². The molecular formula is C15H24ClN3O4S. The number of aryl methyl sites for hydroxylation is 1. The van der Waals surface area contributed by atoms with Crippen molar-refractivity contribution in [2.24, 2.45) is 0 Å². The van der Waals surface area contributed by atoms with Crippen LogP contribution in [0.5, 0.6) is 0 Å². The van der Waals surface area contributed by atoms with Gasteiger partial charge in [-0.25, -0.2) is 12.7 Å². The first kappa shape index (κ1) is 19.2. The van der Waals surface area contributed by atoms with Crippen molar-refractivity contribution in [3.05, 3.63) is 17.4 Å². The molecule has 2 saturated heterocycles. The van der Waals surface area contributed by atoms with Gasteiger partial charge in [-0.15, -0.1) is 12.4 Å². The first-order chi connectivity index (χ1) is 10.8. The molecule has 0 spiro atoms. The van der Waals surface area contributed by atoms with Crippen LogP contribution in [0.4, 0.5) is 0 Å². The number of amides is 1. The molecule has 136 valence electrons. The molecule has 24 heavy (non-hydrogen) atoms. The van der Waals surface area contributed by atoms with Gasteiger partial charge in [0.2, 0.25) is 5.09 Å². The molecule has 2 aliphatic heterocycles. The Labute approximate surface area is 148 Å². The Morgan fingerprint density at radius 3 is 2.62 bits per heavy atom. The number of hydrogen-bond acceptors (Lipinski definition) is 5. The minimum atomic E-state index is -3.68. The summed E-state index contributed by atoms with van der Waals surface area (Å²) in [5.41, 5.74) is 0.351. The van der Waals surface area contributed by atoms with E-state index in [0.717, 1.165) is 36.7 Å². The molecule has 0 aliphatic carbocycles. The number of fused-ring (bicyclic) bond motifs is 2. The second-order valence-corrected chi connectivity index (χ2v) is 8.50. The van der Waals surface area contributed by atoms with E-state index in [1.807, 2.05) is 4.90 Å². The smallest absolute Gasteiger partial charge is 0.275 e. The SMILES string of the molecule is Cc1oc(S(=O)(=O)N(C)C)cc1C(=O)N1C2CCNCC1CC2.Cl. The van der Waals surface area contributed by atoms with Gasteiger partial charge < -0.3 is 14.6 Å². The molecule has 2 aliphatic rings. The number of halogens is 1. The monoisotopic (exact) mass is 377 g/mol. The van der Waals surface area contributed by atoms with Gasteiger partial charge >= 0.3 is 0 Å². The van der Waals surface area contributed by atoms with Gasteiger partial charge in [-0.3, -0.25) is 4.79 Å². The minimum Gasteiger partial charge on any atom is -0.448 e. The number of sulfonamides is 1. The Balaban J connectivity index is 0.00000208. The molecule has 0 radical (unpaired) electrons. The topological polar surface area (TPSA) is 82.9 Å². The molecule has 9 heteroatoms. The van der Waals surface area contributed by atoms with Crippen molar-refractivity contribution in [3.63, 3.8) is 0 Å². The van der Waals surface area contributed by atoms with Crippen LogP contribution in [0.25, 0.3) is 0 Å². The first-order valence-corrected chi connectivity index (χ1v) is 9.32. The summed E-state index contributed by atoms with van der Waals surface area (Å²) >= 11 is 0. The number of carbonyl (C=O) groups is 1. The predicted octanol–water partition coefficient (Wildman–Crippen LogP) is 1.23. The maximum atomic E-state index is 13.0. The van der Waals surface area contributed by atoms with E-state index in [-0.39, 0.29) is 35.5 Å². The van der Waals surface area contributed by atoms with E-state index in [0.29, 0.717) is 11.3 Å². The van der Waals surface area contributed by atoms with Crippen molar-refractivity contribution >= 4 is 28.3 Å². The molecule has 2 fully saturated rings. The zero-order valence-corrected chi connectivity index (χ0v) is 15.7. The van der Waals surface area contributed by atoms with Gasteiger partial charge in [-0.2, -0.15) is 0 Å². The van der Waals surface area contributed by atoms with E-state index >= 15 is 0 Å². The molecule has 1 N–H and O–H groups in total. The third-order valence-electron chi connectivity index (χ3n) is 4.75. The zero-order valence-electron chi connectivity index (χ0n) is 14.1. The average molecular weight is 378 g/mol. The Kier molecular flexibility index (Phi) is 5.64. The van der Waals surface area contributed by atoms with Crippen LogP contribution in [-0.2, 0) is 10.0 Å². The van der Waals surface area contributed by atoms with E-state index in [2.05, 4.69) is 5.32 Å². The van der Waals surface area contributed by atoms with Crippen LogP contribution >= 0.6 is 12.4 Å². The van der Waals surface area contributed by atoms with Crippen LogP contribution in [0.3, 0.4) is 0 Å². The number of nitrogens with one attached hydrogen (secondary N) is 1. The van der Waals surface area contributed by atoms with E-state index < -0.39 is 10.0 Å². The highest BCUT2D eigenvalue weighted by atomic mass is 35.5. The standard InChI is InChI=1S/C15H23N3O4S.ClH/c1-10-13(8-14(22-10)23(20,21)17(2)3)15(19)18-11-4-5-12(18)9-16-7-6-11;/h8,11-12,16H,4-7,9H2,1-3H3;1H. The summed E-state index contributed by atoms with van der Waals surface area (Å²) in [7, 11) is -0.798. The number of rotatable bonds is 3. The highest BCUT2D eigenvalue weighted by Crippen LogP contribution is 2.31. The van der Waals surface area contributed by atoms with Crippen molar-refractivity contribution in [2.75, 3.05) is 27.2 Å². The second kappa shape index (κ2) is 7.03. The molecular weight excluding hydrogens is 354 g/mol. The lowest BCUT2D eigenvalue weighted by atomic mass is 10.1. The fraction of sp³-hybridized carbons (Fsp3) is 0.667. The van der Waals surface area contributed by atoms with Crippen LogP contribution < -0.4 is 5.32 Å². The van der Waals surface area contributed by atoms with E-state index in [1.165, 1.54) is 20.2 Å². The zero-order chi connectivity index (χ0) is 16.8. The molecule has 2 unspecified atom stereocenters. The predicted molar refractivity (Wildman–Crippen MR) is 92.0 cm³/mol. The van der Waals surface area contributed by atoms with Crippen molar-refractivity contribution in [1.82, 2.24) is 14.5 Å². The summed E-state index contributed by atoms with van der Waals surface area (Å²) in [6.45, 7) is 3.34. The lowest BCUT2D eigenvalue weighted by molar-refractivity contribution is 0.0678. The molecule has 7 nitrogen and oxygen atoms in total. The number of carbonyl (C=O) groups excluding carboxylic acids is 1. The van der Waals surface area contributed by atoms with E-state index in [9.17, 15) is 13.2 Å². The van der Waals surface area contributed by atoms with Gasteiger partial charge in [0.25, 0.3) is 15.9 Å². The highest BCUT2D eigenvalue weighted by Gasteiger charge is 2.39. The average Bonchev–Trinajstić information content (AvgIpc) is 2.97. The maximum Gasteiger partial charge on any atom is 0.275 e. The lowest BCUT2D eigenvalue weighted by Crippen LogP contribution is -2.42. The molecule has 3 heterocycles. The fourth-order valence-corrected chi connectivity index (χ4v) is 4.28. The summed E-state index contributed by atoms with van der Waals surface area (Å²) in [6.07, 6.45) is 2.93. The van der Waals surface area contributed by atoms with Crippen molar-refractivity contribution in [3.8, 4) is 0 Å². The van der Waals surface area contributed by atoms with Crippen LogP contribution in [0.1, 0.15) is 35.4 Å². The number of furan rings is 1. The van der Waals surface area contributed by atoms with E-state index in [4.69, 9.17) is 4.42 Å². The summed E-state index contributed by atoms with van der Waals surface area (Å²) in [5, 5.41) is 3.18. The molecule has 2 bridgehead atoms. The van der Waals surface area contributed by atoms with Crippen molar-refractivity contribution < 1.29 is 17.6 Å². The summed E-state index contributed by atoms with van der Waals surface area (Å²) < 4.78 is 30.8. The third-order valence-corrected chi connectivity index (χ3v) is 6.42. The molecule has 0 saturated carbocycles. The molecule has 1 amide bonds. The normalized spacial score (nSPS) is 23.9. The van der Waals surface area contributed by atoms with Gasteiger partial charge in [0, 0.05) is 38.8 Å². The summed E-state index contributed by atoms with van der Waals surface area (Å²) in [5.74, 6) is 0.231. The van der Waals surface area contributed by atoms with Gasteiger partial charge in [-0.1, -0.05) is 0 Å². The van der Waals surface area contributed by atoms with Gasteiger partial charge in [0.05, 0.1) is 5.56 Å². The van der Waals surface area contributed by atoms with Crippen LogP contribution in [0, 0.1) is 6.92 Å². The molecule has 0 aromatic carbocycles. The fourth-order valence-electron chi connectivity index (χ4n) is 3.43. The molecule has 1 aromatic heterocycles. The van der Waals surface area contributed by atoms with Crippen LogP contribution in [0.15, 0.2) is 15.6 Å². The lowest BCUT2D eigenvalue weighted by Gasteiger charge is -2.27. The Morgan fingerprint density at radius 2 is 1.96 bits per heavy atom. The van der Waals surface area contributed by atoms with Crippen LogP contribution in [-0.4, -0.2) is 62.8 Å². The Bertz CT molecular complexity index is 702. The summed E-state index contributed by atoms with van der Waals surface area (Å²) in [4.78, 5) is 14.9. The van der Waals surface area contributed by atoms with Gasteiger partial charge in [-0.05, 0) is 32.7 Å². The van der Waals surface area contributed by atoms with Crippen molar-refractivity contribution in [1.29, 1.82) is 0 Å². The summed E-state index contributed by atoms with van der Waals surface area (Å²) in [6, 6.07) is 1.77. The van der Waals surface area contributed by atoms with Crippen molar-refractivity contribution in [2.45, 2.75) is 43.4 Å². The number of hydrogen-bond donors (Lipinski definition) is 1. The Morgan fingerprint density at radius 1 is 1.29 bits per heavy atom. The van der Waals surface area contributed by atoms with E-state index in [1.54, 1.807) is 6.92 Å². The minimum absolute atomic E-state index is 0.